The van der Waals surface area contributed by atoms with Gasteiger partial charge in [-0.3, -0.25) is 0 Å². The Morgan fingerprint density at radius 3 is 2.64 bits per heavy atom. The SMILES string of the molecule is CCCCC1(C)C=C2CC(C)(C)C1O2. The van der Waals surface area contributed by atoms with Gasteiger partial charge in [-0.1, -0.05) is 40.5 Å². The Kier molecular flexibility index (Phi) is 2.17. The first-order valence-corrected chi connectivity index (χ1v) is 5.86. The smallest absolute Gasteiger partial charge is 0.113 e. The normalized spacial score (nSPS) is 38.3. The standard InChI is InChI=1S/C13H22O/c1-5-6-7-13(4)9-10-8-12(2,3)11(13)14-10/h9,11H,5-8H2,1-4H3. The Hall–Kier alpha value is -0.460. The number of allylic oxidation sites excluding steroid dienone is 1. The summed E-state index contributed by atoms with van der Waals surface area (Å²) in [6, 6.07) is 0. The van der Waals surface area contributed by atoms with Crippen molar-refractivity contribution in [1.82, 2.24) is 0 Å². The molecule has 0 aromatic rings. The molecule has 2 atom stereocenters. The van der Waals surface area contributed by atoms with E-state index in [0.717, 1.165) is 6.42 Å². The van der Waals surface area contributed by atoms with Gasteiger partial charge in [-0.05, 0) is 12.5 Å². The monoisotopic (exact) mass is 194 g/mol. The molecule has 0 N–H and O–H groups in total. The summed E-state index contributed by atoms with van der Waals surface area (Å²) < 4.78 is 5.96. The van der Waals surface area contributed by atoms with E-state index < -0.39 is 0 Å². The molecule has 2 rings (SSSR count). The van der Waals surface area contributed by atoms with E-state index in [4.69, 9.17) is 4.74 Å². The third-order valence-electron chi connectivity index (χ3n) is 3.77. The Morgan fingerprint density at radius 1 is 1.43 bits per heavy atom. The van der Waals surface area contributed by atoms with E-state index in [1.807, 2.05) is 0 Å². The second-order valence-corrected chi connectivity index (χ2v) is 5.88. The van der Waals surface area contributed by atoms with Crippen LogP contribution in [0.1, 0.15) is 53.4 Å². The Bertz CT molecular complexity index is 264. The topological polar surface area (TPSA) is 9.23 Å². The number of ether oxygens (including phenoxy) is 1. The van der Waals surface area contributed by atoms with Crippen LogP contribution in [0.15, 0.2) is 11.8 Å². The number of hydrogen-bond donors (Lipinski definition) is 0. The third kappa shape index (κ3) is 1.37. The third-order valence-corrected chi connectivity index (χ3v) is 3.77. The van der Waals surface area contributed by atoms with E-state index in [1.54, 1.807) is 0 Å². The molecule has 2 aliphatic rings. The van der Waals surface area contributed by atoms with Gasteiger partial charge in [-0.2, -0.15) is 0 Å². The molecule has 1 fully saturated rings. The highest BCUT2D eigenvalue weighted by atomic mass is 16.5. The summed E-state index contributed by atoms with van der Waals surface area (Å²) in [6.07, 6.45) is 7.83. The van der Waals surface area contributed by atoms with Crippen molar-refractivity contribution in [3.8, 4) is 0 Å². The predicted molar refractivity (Wildman–Crippen MR) is 59.0 cm³/mol. The lowest BCUT2D eigenvalue weighted by Crippen LogP contribution is -2.39. The van der Waals surface area contributed by atoms with E-state index in [1.165, 1.54) is 25.0 Å². The van der Waals surface area contributed by atoms with E-state index >= 15 is 0 Å². The van der Waals surface area contributed by atoms with Crippen LogP contribution in [0.25, 0.3) is 0 Å². The van der Waals surface area contributed by atoms with Crippen LogP contribution in [0.4, 0.5) is 0 Å². The molecule has 0 saturated carbocycles. The Balaban J connectivity index is 2.16. The van der Waals surface area contributed by atoms with E-state index in [9.17, 15) is 0 Å². The first-order chi connectivity index (χ1) is 6.48. The Morgan fingerprint density at radius 2 is 2.14 bits per heavy atom. The van der Waals surface area contributed by atoms with E-state index in [-0.39, 0.29) is 0 Å². The molecule has 2 aliphatic heterocycles. The average Bonchev–Trinajstić information content (AvgIpc) is 2.53. The summed E-state index contributed by atoms with van der Waals surface area (Å²) >= 11 is 0. The van der Waals surface area contributed by atoms with Gasteiger partial charge < -0.3 is 4.74 Å². The van der Waals surface area contributed by atoms with Crippen LogP contribution in [0, 0.1) is 10.8 Å². The number of hydrogen-bond acceptors (Lipinski definition) is 1. The summed E-state index contributed by atoms with van der Waals surface area (Å²) in [4.78, 5) is 0. The molecular formula is C13H22O. The molecule has 0 amide bonds. The van der Waals surface area contributed by atoms with Crippen LogP contribution in [-0.4, -0.2) is 6.10 Å². The maximum absolute atomic E-state index is 5.96. The minimum absolute atomic E-state index is 0.313. The predicted octanol–water partition coefficient (Wildman–Crippen LogP) is 3.90. The molecule has 2 heterocycles. The minimum Gasteiger partial charge on any atom is -0.494 e. The van der Waals surface area contributed by atoms with Crippen LogP contribution in [0.3, 0.4) is 0 Å². The van der Waals surface area contributed by atoms with Gasteiger partial charge in [0, 0.05) is 17.3 Å². The van der Waals surface area contributed by atoms with Crippen LogP contribution in [0.5, 0.6) is 0 Å². The van der Waals surface area contributed by atoms with Gasteiger partial charge in [0.05, 0.1) is 5.76 Å². The molecular weight excluding hydrogens is 172 g/mol. The van der Waals surface area contributed by atoms with Gasteiger partial charge in [-0.15, -0.1) is 0 Å². The first kappa shape index (κ1) is 10.1. The van der Waals surface area contributed by atoms with Crippen molar-refractivity contribution in [2.45, 2.75) is 59.5 Å². The molecule has 2 unspecified atom stereocenters. The Labute approximate surface area is 87.5 Å². The average molecular weight is 194 g/mol. The molecule has 1 saturated heterocycles. The van der Waals surface area contributed by atoms with E-state index in [0.29, 0.717) is 16.9 Å². The van der Waals surface area contributed by atoms with Gasteiger partial charge in [0.2, 0.25) is 0 Å². The fourth-order valence-corrected chi connectivity index (χ4v) is 3.21. The molecule has 1 heteroatoms. The fraction of sp³-hybridized carbons (Fsp3) is 0.846. The highest BCUT2D eigenvalue weighted by molar-refractivity contribution is 5.23. The second kappa shape index (κ2) is 3.01. The maximum atomic E-state index is 5.96. The lowest BCUT2D eigenvalue weighted by molar-refractivity contribution is 0.0253. The summed E-state index contributed by atoms with van der Waals surface area (Å²) in [5.74, 6) is 1.25. The molecule has 14 heavy (non-hydrogen) atoms. The molecule has 0 aromatic heterocycles. The van der Waals surface area contributed by atoms with Crippen LogP contribution in [-0.2, 0) is 4.74 Å². The molecule has 0 radical (unpaired) electrons. The minimum atomic E-state index is 0.313. The molecule has 0 aromatic carbocycles. The highest BCUT2D eigenvalue weighted by Crippen LogP contribution is 2.56. The van der Waals surface area contributed by atoms with Gasteiger partial charge in [0.15, 0.2) is 0 Å². The maximum Gasteiger partial charge on any atom is 0.113 e. The molecule has 80 valence electrons. The highest BCUT2D eigenvalue weighted by Gasteiger charge is 2.53. The lowest BCUT2D eigenvalue weighted by Gasteiger charge is -2.37. The van der Waals surface area contributed by atoms with Crippen LogP contribution in [0.2, 0.25) is 0 Å². The zero-order valence-electron chi connectivity index (χ0n) is 9.89. The van der Waals surface area contributed by atoms with Gasteiger partial charge in [-0.25, -0.2) is 0 Å². The van der Waals surface area contributed by atoms with Gasteiger partial charge >= 0.3 is 0 Å². The second-order valence-electron chi connectivity index (χ2n) is 5.88. The van der Waals surface area contributed by atoms with Gasteiger partial charge in [0.1, 0.15) is 6.10 Å². The quantitative estimate of drug-likeness (QED) is 0.662. The van der Waals surface area contributed by atoms with Crippen molar-refractivity contribution in [2.24, 2.45) is 10.8 Å². The first-order valence-electron chi connectivity index (χ1n) is 5.86. The van der Waals surface area contributed by atoms with E-state index in [2.05, 4.69) is 33.8 Å². The summed E-state index contributed by atoms with van der Waals surface area (Å²) in [7, 11) is 0. The van der Waals surface area contributed by atoms with Crippen molar-refractivity contribution in [1.29, 1.82) is 0 Å². The zero-order valence-corrected chi connectivity index (χ0v) is 9.89. The lowest BCUT2D eigenvalue weighted by atomic mass is 9.66. The summed E-state index contributed by atoms with van der Waals surface area (Å²) in [6.45, 7) is 9.29. The largest absolute Gasteiger partial charge is 0.494 e. The molecule has 0 spiro atoms. The molecule has 2 bridgehead atoms. The van der Waals surface area contributed by atoms with Crippen LogP contribution < -0.4 is 0 Å². The zero-order chi connectivity index (χ0) is 10.4. The van der Waals surface area contributed by atoms with Crippen molar-refractivity contribution in [3.05, 3.63) is 11.8 Å². The van der Waals surface area contributed by atoms with Crippen LogP contribution >= 0.6 is 0 Å². The molecule has 0 aliphatic carbocycles. The fourth-order valence-electron chi connectivity index (χ4n) is 3.21. The number of fused-ring (bicyclic) bond motifs is 2. The summed E-state index contributed by atoms with van der Waals surface area (Å²) in [5.41, 5.74) is 0.666. The molecule has 1 nitrogen and oxygen atoms in total. The van der Waals surface area contributed by atoms with Gasteiger partial charge in [0.25, 0.3) is 0 Å². The summed E-state index contributed by atoms with van der Waals surface area (Å²) in [5, 5.41) is 0. The number of rotatable bonds is 3. The van der Waals surface area contributed by atoms with Crippen molar-refractivity contribution >= 4 is 0 Å². The van der Waals surface area contributed by atoms with Crippen molar-refractivity contribution in [2.75, 3.05) is 0 Å². The van der Waals surface area contributed by atoms with Crippen molar-refractivity contribution < 1.29 is 4.74 Å². The van der Waals surface area contributed by atoms with Crippen molar-refractivity contribution in [3.63, 3.8) is 0 Å². The number of unbranched alkanes of at least 4 members (excludes halogenated alkanes) is 1.